The zero-order chi connectivity index (χ0) is 22.2. The monoisotopic (exact) mass is 452 g/mol. The summed E-state index contributed by atoms with van der Waals surface area (Å²) in [6.07, 6.45) is -0.969. The van der Waals surface area contributed by atoms with Crippen molar-refractivity contribution in [2.75, 3.05) is 18.4 Å². The van der Waals surface area contributed by atoms with Crippen LogP contribution in [0.3, 0.4) is 0 Å². The summed E-state index contributed by atoms with van der Waals surface area (Å²) in [4.78, 5) is 11.1. The van der Waals surface area contributed by atoms with Crippen molar-refractivity contribution in [3.63, 3.8) is 0 Å². The molecule has 2 atom stereocenters. The second kappa shape index (κ2) is 7.93. The van der Waals surface area contributed by atoms with Gasteiger partial charge in [-0.25, -0.2) is 23.4 Å². The maximum Gasteiger partial charge on any atom is 0.433 e. The van der Waals surface area contributed by atoms with Gasteiger partial charge in [0.25, 0.3) is 10.0 Å². The molecular formula is C19H19F3N6O2S. The average Bonchev–Trinajstić information content (AvgIpc) is 3.36. The second-order valence-corrected chi connectivity index (χ2v) is 9.14. The molecular weight excluding hydrogens is 433 g/mol. The van der Waals surface area contributed by atoms with Gasteiger partial charge in [-0.15, -0.1) is 0 Å². The van der Waals surface area contributed by atoms with Gasteiger partial charge in [-0.3, -0.25) is 0 Å². The van der Waals surface area contributed by atoms with Gasteiger partial charge >= 0.3 is 6.18 Å². The van der Waals surface area contributed by atoms with Crippen LogP contribution in [0.25, 0.3) is 0 Å². The second-order valence-electron chi connectivity index (χ2n) is 7.25. The number of aryl methyl sites for hydroxylation is 1. The Kier molecular flexibility index (Phi) is 5.43. The summed E-state index contributed by atoms with van der Waals surface area (Å²) >= 11 is 0. The molecule has 12 heteroatoms. The first-order valence-corrected chi connectivity index (χ1v) is 10.8. The van der Waals surface area contributed by atoms with E-state index in [0.29, 0.717) is 0 Å². The third-order valence-electron chi connectivity index (χ3n) is 5.09. The van der Waals surface area contributed by atoms with E-state index in [4.69, 9.17) is 0 Å². The lowest BCUT2D eigenvalue weighted by Crippen LogP contribution is -2.32. The largest absolute Gasteiger partial charge is 0.433 e. The van der Waals surface area contributed by atoms with Crippen molar-refractivity contribution in [3.8, 4) is 0 Å². The molecule has 0 spiro atoms. The summed E-state index contributed by atoms with van der Waals surface area (Å²) in [6, 6.07) is 9.52. The van der Waals surface area contributed by atoms with Crippen LogP contribution in [0.2, 0.25) is 0 Å². The number of anilines is 1. The zero-order valence-electron chi connectivity index (χ0n) is 16.4. The van der Waals surface area contributed by atoms with Crippen LogP contribution in [0, 0.1) is 0 Å². The first kappa shape index (κ1) is 21.2. The number of alkyl halides is 3. The predicted octanol–water partition coefficient (Wildman–Crippen LogP) is 2.50. The van der Waals surface area contributed by atoms with Crippen molar-refractivity contribution < 1.29 is 21.6 Å². The molecule has 1 aromatic carbocycles. The number of aromatic nitrogens is 4. The minimum Gasteiger partial charge on any atom is -0.365 e. The Bertz CT molecular complexity index is 1170. The van der Waals surface area contributed by atoms with E-state index < -0.39 is 27.9 Å². The maximum atomic E-state index is 13.1. The van der Waals surface area contributed by atoms with Gasteiger partial charge in [0.05, 0.1) is 6.33 Å². The van der Waals surface area contributed by atoms with Crippen LogP contribution in [-0.2, 0) is 23.2 Å². The molecule has 0 saturated carbocycles. The summed E-state index contributed by atoms with van der Waals surface area (Å²) in [6.45, 7) is 0.196. The zero-order valence-corrected chi connectivity index (χ0v) is 17.2. The normalized spacial score (nSPS) is 20.1. The summed E-state index contributed by atoms with van der Waals surface area (Å²) in [5.74, 6) is -0.325. The molecule has 2 aromatic heterocycles. The smallest absolute Gasteiger partial charge is 0.365 e. The molecule has 164 valence electrons. The van der Waals surface area contributed by atoms with E-state index in [1.807, 2.05) is 30.3 Å². The first-order valence-electron chi connectivity index (χ1n) is 9.33. The fourth-order valence-corrected chi connectivity index (χ4v) is 5.04. The van der Waals surface area contributed by atoms with E-state index in [1.54, 1.807) is 7.05 Å². The molecule has 0 unspecified atom stereocenters. The topological polar surface area (TPSA) is 93.0 Å². The van der Waals surface area contributed by atoms with Crippen LogP contribution in [0.15, 0.2) is 60.3 Å². The van der Waals surface area contributed by atoms with Gasteiger partial charge in [0.2, 0.25) is 0 Å². The molecule has 1 aliphatic heterocycles. The third-order valence-corrected chi connectivity index (χ3v) is 6.81. The van der Waals surface area contributed by atoms with Crippen LogP contribution in [0.5, 0.6) is 0 Å². The highest BCUT2D eigenvalue weighted by Crippen LogP contribution is 2.34. The Labute approximate surface area is 176 Å². The number of hydrogen-bond acceptors (Lipinski definition) is 6. The van der Waals surface area contributed by atoms with Gasteiger partial charge in [0.15, 0.2) is 5.03 Å². The SMILES string of the molecule is Cn1cnc(S(=O)(=O)N2C[C@H](Nc3cc(C(F)(F)F)ncn3)[C@@H](c3ccccc3)C2)c1. The first-order chi connectivity index (χ1) is 14.6. The van der Waals surface area contributed by atoms with Gasteiger partial charge in [0, 0.05) is 44.4 Å². The van der Waals surface area contributed by atoms with E-state index in [2.05, 4.69) is 20.3 Å². The molecule has 0 aliphatic carbocycles. The van der Waals surface area contributed by atoms with Crippen molar-refractivity contribution >= 4 is 15.8 Å². The van der Waals surface area contributed by atoms with Gasteiger partial charge in [-0.1, -0.05) is 30.3 Å². The molecule has 1 N–H and O–H groups in total. The predicted molar refractivity (Wildman–Crippen MR) is 106 cm³/mol. The van der Waals surface area contributed by atoms with Gasteiger partial charge in [-0.2, -0.15) is 17.5 Å². The summed E-state index contributed by atoms with van der Waals surface area (Å²) in [7, 11) is -2.20. The number of sulfonamides is 1. The number of nitrogens with one attached hydrogen (secondary N) is 1. The number of benzene rings is 1. The lowest BCUT2D eigenvalue weighted by atomic mass is 9.94. The molecule has 1 saturated heterocycles. The highest BCUT2D eigenvalue weighted by molar-refractivity contribution is 7.89. The fraction of sp³-hybridized carbons (Fsp3) is 0.316. The Morgan fingerprint density at radius 2 is 1.84 bits per heavy atom. The molecule has 0 bridgehead atoms. The van der Waals surface area contributed by atoms with E-state index in [-0.39, 0.29) is 29.9 Å². The minimum atomic E-state index is -4.61. The molecule has 4 rings (SSSR count). The average molecular weight is 452 g/mol. The molecule has 8 nitrogen and oxygen atoms in total. The Morgan fingerprint density at radius 3 is 2.48 bits per heavy atom. The molecule has 3 aromatic rings. The molecule has 0 amide bonds. The van der Waals surface area contributed by atoms with Gasteiger partial charge < -0.3 is 9.88 Å². The number of rotatable bonds is 5. The third kappa shape index (κ3) is 4.39. The molecule has 1 fully saturated rings. The van der Waals surface area contributed by atoms with Crippen molar-refractivity contribution in [2.45, 2.75) is 23.2 Å². The van der Waals surface area contributed by atoms with Gasteiger partial charge in [-0.05, 0) is 5.56 Å². The Morgan fingerprint density at radius 1 is 1.10 bits per heavy atom. The fourth-order valence-electron chi connectivity index (χ4n) is 3.58. The number of nitrogens with zero attached hydrogens (tertiary/aromatic N) is 5. The maximum absolute atomic E-state index is 13.1. The minimum absolute atomic E-state index is 0.0228. The van der Waals surface area contributed by atoms with E-state index in [9.17, 15) is 21.6 Å². The van der Waals surface area contributed by atoms with Crippen LogP contribution in [0.4, 0.5) is 19.0 Å². The standard InChI is InChI=1S/C19H19F3N6O2S/c1-27-10-18(25-12-27)31(29,30)28-8-14(13-5-3-2-4-6-13)15(9-28)26-17-7-16(19(20,21)22)23-11-24-17/h2-7,10-12,14-15H,8-9H2,1H3,(H,23,24,26)/t14-,15+/m1/s1. The lowest BCUT2D eigenvalue weighted by Gasteiger charge is -2.21. The van der Waals surface area contributed by atoms with Crippen molar-refractivity contribution in [3.05, 3.63) is 66.5 Å². The van der Waals surface area contributed by atoms with Crippen LogP contribution >= 0.6 is 0 Å². The molecule has 0 radical (unpaired) electrons. The molecule has 3 heterocycles. The highest BCUT2D eigenvalue weighted by Gasteiger charge is 2.41. The van der Waals surface area contributed by atoms with Crippen LogP contribution in [0.1, 0.15) is 17.2 Å². The van der Waals surface area contributed by atoms with E-state index >= 15 is 0 Å². The number of hydrogen-bond donors (Lipinski definition) is 1. The highest BCUT2D eigenvalue weighted by atomic mass is 32.2. The summed E-state index contributed by atoms with van der Waals surface area (Å²) < 4.78 is 68.0. The van der Waals surface area contributed by atoms with Crippen molar-refractivity contribution in [2.24, 2.45) is 7.05 Å². The van der Waals surface area contributed by atoms with E-state index in [0.717, 1.165) is 18.0 Å². The van der Waals surface area contributed by atoms with Crippen molar-refractivity contribution in [1.82, 2.24) is 23.8 Å². The Hall–Kier alpha value is -2.99. The van der Waals surface area contributed by atoms with Crippen LogP contribution < -0.4 is 5.32 Å². The number of imidazole rings is 1. The summed E-state index contributed by atoms with van der Waals surface area (Å²) in [5, 5.41) is 2.90. The molecule has 31 heavy (non-hydrogen) atoms. The quantitative estimate of drug-likeness (QED) is 0.640. The van der Waals surface area contributed by atoms with Crippen molar-refractivity contribution in [1.29, 1.82) is 0 Å². The lowest BCUT2D eigenvalue weighted by molar-refractivity contribution is -0.141. The molecule has 1 aliphatic rings. The van der Waals surface area contributed by atoms with Crippen LogP contribution in [-0.4, -0.2) is 51.4 Å². The van der Waals surface area contributed by atoms with E-state index in [1.165, 1.54) is 21.4 Å². The van der Waals surface area contributed by atoms with Gasteiger partial charge in [0.1, 0.15) is 17.8 Å². The summed E-state index contributed by atoms with van der Waals surface area (Å²) in [5.41, 5.74) is -0.207. The Balaban J connectivity index is 1.65. The number of halogens is 3.